The number of hydrogen-bond acceptors (Lipinski definition) is 1. The number of aromatic nitrogens is 1. The van der Waals surface area contributed by atoms with Crippen molar-refractivity contribution in [3.63, 3.8) is 0 Å². The molecule has 0 radical (unpaired) electrons. The first kappa shape index (κ1) is 9.65. The maximum atomic E-state index is 5.33. The summed E-state index contributed by atoms with van der Waals surface area (Å²) in [5.74, 6) is 0. The molecule has 0 spiro atoms. The number of benzene rings is 1. The van der Waals surface area contributed by atoms with Crippen molar-refractivity contribution in [3.05, 3.63) is 41.0 Å². The van der Waals surface area contributed by atoms with E-state index in [1.54, 1.807) is 0 Å². The third kappa shape index (κ3) is 1.56. The van der Waals surface area contributed by atoms with Crippen LogP contribution in [0, 0.1) is 0 Å². The normalized spacial score (nSPS) is 12.9. The Bertz CT molecular complexity index is 623. The van der Waals surface area contributed by atoms with Gasteiger partial charge in [-0.2, -0.15) is 0 Å². The van der Waals surface area contributed by atoms with Crippen molar-refractivity contribution in [2.75, 3.05) is 0 Å². The summed E-state index contributed by atoms with van der Waals surface area (Å²) in [6.07, 6.45) is 5.33. The van der Waals surface area contributed by atoms with Crippen LogP contribution in [0.15, 0.2) is 30.5 Å². The van der Waals surface area contributed by atoms with E-state index in [-0.39, 0.29) is 0 Å². The number of rotatable bonds is 1. The van der Waals surface area contributed by atoms with Crippen molar-refractivity contribution in [3.8, 4) is 0 Å². The average Bonchev–Trinajstić information content (AvgIpc) is 2.53. The predicted molar refractivity (Wildman–Crippen MR) is 69.0 cm³/mol. The largest absolute Gasteiger partial charge is 0.405 e. The van der Waals surface area contributed by atoms with E-state index >= 15 is 0 Å². The second-order valence-electron chi connectivity index (χ2n) is 3.57. The van der Waals surface area contributed by atoms with Crippen molar-refractivity contribution in [1.82, 2.24) is 4.98 Å². The van der Waals surface area contributed by atoms with Crippen LogP contribution in [0.1, 0.15) is 0 Å². The van der Waals surface area contributed by atoms with Crippen LogP contribution in [0.25, 0.3) is 23.6 Å². The fourth-order valence-electron chi connectivity index (χ4n) is 1.85. The van der Waals surface area contributed by atoms with Crippen molar-refractivity contribution in [2.24, 2.45) is 5.73 Å². The molecule has 0 saturated heterocycles. The molecule has 0 amide bonds. The Morgan fingerprint density at radius 3 is 2.93 bits per heavy atom. The Morgan fingerprint density at radius 2 is 2.20 bits per heavy atom. The molecule has 1 heterocycles. The van der Waals surface area contributed by atoms with Gasteiger partial charge in [-0.3, -0.25) is 0 Å². The molecular weight excluding hydrogens is 183 g/mol. The van der Waals surface area contributed by atoms with Gasteiger partial charge in [-0.25, -0.2) is 0 Å². The fourth-order valence-corrected chi connectivity index (χ4v) is 1.85. The highest BCUT2D eigenvalue weighted by atomic mass is 14.7. The Morgan fingerprint density at radius 1 is 1.40 bits per heavy atom. The molecule has 3 N–H and O–H groups in total. The molecule has 15 heavy (non-hydrogen) atoms. The fraction of sp³-hybridized carbons (Fsp3) is 0. The van der Waals surface area contributed by atoms with E-state index < -0.39 is 0 Å². The summed E-state index contributed by atoms with van der Waals surface area (Å²) >= 11 is 0. The molecule has 1 aromatic carbocycles. The van der Waals surface area contributed by atoms with Crippen LogP contribution in [0.5, 0.6) is 0 Å². The van der Waals surface area contributed by atoms with Crippen molar-refractivity contribution in [1.29, 1.82) is 0 Å². The molecule has 0 fully saturated rings. The number of aromatic amines is 1. The lowest BCUT2D eigenvalue weighted by molar-refractivity contribution is 1.37. The zero-order valence-corrected chi connectivity index (χ0v) is 8.75. The topological polar surface area (TPSA) is 41.8 Å². The lowest BCUT2D eigenvalue weighted by Crippen LogP contribution is -2.23. The van der Waals surface area contributed by atoms with Gasteiger partial charge >= 0.3 is 0 Å². The van der Waals surface area contributed by atoms with E-state index in [1.807, 2.05) is 18.2 Å². The summed E-state index contributed by atoms with van der Waals surface area (Å²) in [7, 11) is 2.10. The Balaban J connectivity index is 2.95. The third-order valence-corrected chi connectivity index (χ3v) is 2.53. The predicted octanol–water partition coefficient (Wildman–Crippen LogP) is -0.911. The summed E-state index contributed by atoms with van der Waals surface area (Å²) < 4.78 is 0. The Hall–Kier alpha value is -1.90. The minimum absolute atomic E-state index is 0.928. The molecule has 1 aromatic heterocycles. The van der Waals surface area contributed by atoms with E-state index in [0.717, 1.165) is 16.1 Å². The SMILES string of the molecule is Bc1cccc2[nH]c(=C)/c(=C\C=C/N)c12. The van der Waals surface area contributed by atoms with Crippen molar-refractivity contribution >= 4 is 36.9 Å². The van der Waals surface area contributed by atoms with E-state index in [2.05, 4.69) is 31.5 Å². The second kappa shape index (κ2) is 3.69. The molecule has 3 heteroatoms. The minimum atomic E-state index is 0.928. The molecule has 0 aliphatic carbocycles. The molecule has 0 saturated carbocycles. The average molecular weight is 196 g/mol. The molecule has 74 valence electrons. The van der Waals surface area contributed by atoms with Gasteiger partial charge in [0, 0.05) is 21.5 Å². The summed E-state index contributed by atoms with van der Waals surface area (Å²) in [4.78, 5) is 3.26. The number of allylic oxidation sites excluding steroid dienone is 1. The van der Waals surface area contributed by atoms with Gasteiger partial charge < -0.3 is 10.7 Å². The van der Waals surface area contributed by atoms with Gasteiger partial charge in [0.25, 0.3) is 0 Å². The molecule has 0 aliphatic heterocycles. The molecule has 2 rings (SSSR count). The van der Waals surface area contributed by atoms with Gasteiger partial charge in [-0.15, -0.1) is 0 Å². The first-order valence-corrected chi connectivity index (χ1v) is 4.89. The number of nitrogens with two attached hydrogens (primary N) is 1. The number of hydrogen-bond donors (Lipinski definition) is 2. The van der Waals surface area contributed by atoms with E-state index in [0.29, 0.717) is 0 Å². The monoisotopic (exact) mass is 196 g/mol. The first-order chi connectivity index (χ1) is 7.24. The number of H-pyrrole nitrogens is 1. The zero-order chi connectivity index (χ0) is 10.8. The lowest BCUT2D eigenvalue weighted by atomic mass is 9.92. The second-order valence-corrected chi connectivity index (χ2v) is 3.57. The Labute approximate surface area is 89.2 Å². The molecular formula is C12H13BN2. The Kier molecular flexibility index (Phi) is 2.38. The highest BCUT2D eigenvalue weighted by molar-refractivity contribution is 6.38. The summed E-state index contributed by atoms with van der Waals surface area (Å²) in [6.45, 7) is 3.99. The van der Waals surface area contributed by atoms with Gasteiger partial charge in [0.15, 0.2) is 0 Å². The molecule has 0 bridgehead atoms. The van der Waals surface area contributed by atoms with Gasteiger partial charge in [0.2, 0.25) is 0 Å². The van der Waals surface area contributed by atoms with Crippen LogP contribution in [0.3, 0.4) is 0 Å². The van der Waals surface area contributed by atoms with Crippen LogP contribution < -0.4 is 21.8 Å². The molecule has 0 atom stereocenters. The molecule has 2 aromatic rings. The van der Waals surface area contributed by atoms with Crippen LogP contribution in [0.2, 0.25) is 0 Å². The van der Waals surface area contributed by atoms with E-state index in [9.17, 15) is 0 Å². The minimum Gasteiger partial charge on any atom is -0.405 e. The highest BCUT2D eigenvalue weighted by Crippen LogP contribution is 2.00. The van der Waals surface area contributed by atoms with E-state index in [4.69, 9.17) is 5.73 Å². The number of nitrogens with one attached hydrogen (secondary N) is 1. The van der Waals surface area contributed by atoms with Crippen LogP contribution >= 0.6 is 0 Å². The van der Waals surface area contributed by atoms with Gasteiger partial charge in [0.05, 0.1) is 0 Å². The van der Waals surface area contributed by atoms with E-state index in [1.165, 1.54) is 17.0 Å². The van der Waals surface area contributed by atoms with Gasteiger partial charge in [-0.05, 0) is 18.3 Å². The maximum absolute atomic E-state index is 5.33. The molecule has 0 unspecified atom stereocenters. The smallest absolute Gasteiger partial charge is 0.140 e. The maximum Gasteiger partial charge on any atom is 0.140 e. The first-order valence-electron chi connectivity index (χ1n) is 4.89. The lowest BCUT2D eigenvalue weighted by Gasteiger charge is -1.94. The van der Waals surface area contributed by atoms with Crippen molar-refractivity contribution in [2.45, 2.75) is 0 Å². The summed E-state index contributed by atoms with van der Waals surface area (Å²) in [5.41, 5.74) is 7.70. The third-order valence-electron chi connectivity index (χ3n) is 2.53. The quantitative estimate of drug-likeness (QED) is 0.569. The van der Waals surface area contributed by atoms with Crippen LogP contribution in [-0.4, -0.2) is 12.8 Å². The summed E-state index contributed by atoms with van der Waals surface area (Å²) in [5, 5.41) is 3.27. The zero-order valence-electron chi connectivity index (χ0n) is 8.75. The standard InChI is InChI=1S/C12H13BN2/c1-8-9(4-3-7-14)12-10(13)5-2-6-11(12)15-8/h2-7,15H,1,13-14H2/b7-3-,9-4+. The van der Waals surface area contributed by atoms with Crippen molar-refractivity contribution < 1.29 is 0 Å². The number of fused-ring (bicyclic) bond motifs is 1. The van der Waals surface area contributed by atoms with Gasteiger partial charge in [0.1, 0.15) is 7.85 Å². The molecule has 2 nitrogen and oxygen atoms in total. The van der Waals surface area contributed by atoms with Gasteiger partial charge in [-0.1, -0.05) is 30.3 Å². The molecule has 0 aliphatic rings. The highest BCUT2D eigenvalue weighted by Gasteiger charge is 2.00. The van der Waals surface area contributed by atoms with Crippen LogP contribution in [-0.2, 0) is 0 Å². The summed E-state index contributed by atoms with van der Waals surface area (Å²) in [6, 6.07) is 6.19. The van der Waals surface area contributed by atoms with Crippen LogP contribution in [0.4, 0.5) is 0 Å².